The molecule has 3 heteroatoms. The Morgan fingerprint density at radius 1 is 0.362 bits per heavy atom. The number of unbranched alkanes of at least 4 members (excludes halogenated alkanes) is 32. The first-order valence-corrected chi connectivity index (χ1v) is 21.3. The Labute approximate surface area is 293 Å². The van der Waals surface area contributed by atoms with Crippen molar-refractivity contribution in [3.63, 3.8) is 0 Å². The maximum absolute atomic E-state index is 12.3. The molecule has 1 heterocycles. The molecule has 3 nitrogen and oxygen atoms in total. The predicted octanol–water partition coefficient (Wildman–Crippen LogP) is 14.7. The lowest BCUT2D eigenvalue weighted by molar-refractivity contribution is -0.153. The van der Waals surface area contributed by atoms with E-state index in [4.69, 9.17) is 4.74 Å². The summed E-state index contributed by atoms with van der Waals surface area (Å²) in [6.07, 6.45) is 54.0. The van der Waals surface area contributed by atoms with Gasteiger partial charge in [-0.15, -0.1) is 0 Å². The Hall–Kier alpha value is -1.38. The predicted molar refractivity (Wildman–Crippen MR) is 205 cm³/mol. The fraction of sp³-hybridized carbons (Fsp3) is 0.864. The average Bonchev–Trinajstić information content (AvgIpc) is 3.34. The maximum atomic E-state index is 12.3. The maximum Gasteiger partial charge on any atom is 0.321 e. The number of ether oxygens (including phenoxy) is 1. The summed E-state index contributed by atoms with van der Waals surface area (Å²) in [5, 5.41) is 0. The number of rotatable bonds is 36. The van der Waals surface area contributed by atoms with Gasteiger partial charge in [0.15, 0.2) is 0 Å². The topological polar surface area (TPSA) is 43.4 Å². The largest absolute Gasteiger partial charge is 0.392 e. The van der Waals surface area contributed by atoms with Crippen LogP contribution in [0, 0.1) is 11.8 Å². The standard InChI is InChI=1S/C44H80O3/c1-3-5-7-9-11-13-15-17-19-21-23-25-27-29-31-33-35-37-39-41-42(44(46)47-43(41)45)40-38-36-34-32-30-28-26-24-22-20-18-16-14-12-10-8-6-4-2/h37-42H,3-36H2,1-2H3. The van der Waals surface area contributed by atoms with Crippen LogP contribution >= 0.6 is 0 Å². The van der Waals surface area contributed by atoms with Gasteiger partial charge in [0.05, 0.1) is 11.8 Å². The molecule has 1 saturated heterocycles. The third kappa shape index (κ3) is 27.2. The van der Waals surface area contributed by atoms with E-state index >= 15 is 0 Å². The smallest absolute Gasteiger partial charge is 0.321 e. The summed E-state index contributed by atoms with van der Waals surface area (Å²) in [6.45, 7) is 4.57. The van der Waals surface area contributed by atoms with E-state index in [0.717, 1.165) is 25.7 Å². The monoisotopic (exact) mass is 657 g/mol. The lowest BCUT2D eigenvalue weighted by Gasteiger charge is -2.05. The minimum atomic E-state index is -0.439. The Balaban J connectivity index is 1.96. The van der Waals surface area contributed by atoms with Gasteiger partial charge in [0.25, 0.3) is 0 Å². The molecule has 47 heavy (non-hydrogen) atoms. The van der Waals surface area contributed by atoms with Crippen LogP contribution in [-0.2, 0) is 14.3 Å². The van der Waals surface area contributed by atoms with Crippen LogP contribution in [0.4, 0.5) is 0 Å². The lowest BCUT2D eigenvalue weighted by atomic mass is 9.93. The zero-order valence-corrected chi connectivity index (χ0v) is 31.7. The van der Waals surface area contributed by atoms with Crippen molar-refractivity contribution >= 4 is 11.9 Å². The SMILES string of the molecule is CCCCCCCCCCCCCCCCCCC=CC1C(=O)OC(=O)C1C=CCCCCCCCCCCCCCCCCCC. The third-order valence-electron chi connectivity index (χ3n) is 10.3. The Kier molecular flexibility index (Phi) is 32.0. The molecule has 0 N–H and O–H groups in total. The number of cyclic esters (lactones) is 2. The summed E-state index contributed by atoms with van der Waals surface area (Å²) in [6, 6.07) is 0. The Morgan fingerprint density at radius 2 is 0.574 bits per heavy atom. The Morgan fingerprint density at radius 3 is 0.809 bits per heavy atom. The normalized spacial score (nSPS) is 16.7. The molecule has 1 aliphatic heterocycles. The molecule has 2 atom stereocenters. The molecule has 0 aromatic carbocycles. The molecular weight excluding hydrogens is 576 g/mol. The quantitative estimate of drug-likeness (QED) is 0.0292. The molecule has 0 amide bonds. The zero-order valence-electron chi connectivity index (χ0n) is 31.7. The van der Waals surface area contributed by atoms with Crippen molar-refractivity contribution in [1.82, 2.24) is 0 Å². The molecule has 0 saturated carbocycles. The van der Waals surface area contributed by atoms with Gasteiger partial charge >= 0.3 is 11.9 Å². The first kappa shape index (κ1) is 43.6. The third-order valence-corrected chi connectivity index (χ3v) is 10.3. The summed E-state index contributed by atoms with van der Waals surface area (Å²) in [4.78, 5) is 24.5. The summed E-state index contributed by atoms with van der Waals surface area (Å²) in [7, 11) is 0. The minimum absolute atomic E-state index is 0.379. The van der Waals surface area contributed by atoms with E-state index < -0.39 is 11.8 Å². The molecule has 0 bridgehead atoms. The van der Waals surface area contributed by atoms with E-state index in [2.05, 4.69) is 26.0 Å². The van der Waals surface area contributed by atoms with Gasteiger partial charge in [-0.3, -0.25) is 9.59 Å². The molecule has 1 rings (SSSR count). The van der Waals surface area contributed by atoms with E-state index in [1.807, 2.05) is 12.2 Å². The van der Waals surface area contributed by atoms with Crippen LogP contribution in [-0.4, -0.2) is 11.9 Å². The van der Waals surface area contributed by atoms with Gasteiger partial charge in [0.2, 0.25) is 0 Å². The summed E-state index contributed by atoms with van der Waals surface area (Å²) in [5.41, 5.74) is 0. The van der Waals surface area contributed by atoms with Crippen LogP contribution in [0.3, 0.4) is 0 Å². The molecule has 0 aliphatic carbocycles. The van der Waals surface area contributed by atoms with Crippen molar-refractivity contribution in [2.24, 2.45) is 11.8 Å². The fourth-order valence-corrected chi connectivity index (χ4v) is 7.03. The molecule has 1 aliphatic rings. The van der Waals surface area contributed by atoms with Crippen molar-refractivity contribution in [3.8, 4) is 0 Å². The molecule has 274 valence electrons. The highest BCUT2D eigenvalue weighted by molar-refractivity contribution is 5.98. The van der Waals surface area contributed by atoms with Crippen LogP contribution < -0.4 is 0 Å². The van der Waals surface area contributed by atoms with Crippen LogP contribution in [0.1, 0.15) is 232 Å². The molecule has 1 fully saturated rings. The van der Waals surface area contributed by atoms with Gasteiger partial charge in [-0.05, 0) is 25.7 Å². The highest BCUT2D eigenvalue weighted by Crippen LogP contribution is 2.27. The second kappa shape index (κ2) is 34.5. The molecular formula is C44H80O3. The number of hydrogen-bond donors (Lipinski definition) is 0. The number of carbonyl (C=O) groups excluding carboxylic acids is 2. The first-order valence-electron chi connectivity index (χ1n) is 21.3. The fourth-order valence-electron chi connectivity index (χ4n) is 7.03. The molecule has 0 spiro atoms. The van der Waals surface area contributed by atoms with Crippen molar-refractivity contribution in [2.45, 2.75) is 232 Å². The number of allylic oxidation sites excluding steroid dienone is 2. The summed E-state index contributed by atoms with van der Waals surface area (Å²) >= 11 is 0. The van der Waals surface area contributed by atoms with Gasteiger partial charge < -0.3 is 4.74 Å². The molecule has 0 aromatic rings. The highest BCUT2D eigenvalue weighted by Gasteiger charge is 2.40. The van der Waals surface area contributed by atoms with E-state index in [-0.39, 0.29) is 11.9 Å². The number of hydrogen-bond acceptors (Lipinski definition) is 3. The Bertz CT molecular complexity index is 691. The van der Waals surface area contributed by atoms with Gasteiger partial charge in [-0.25, -0.2) is 0 Å². The highest BCUT2D eigenvalue weighted by atomic mass is 16.6. The van der Waals surface area contributed by atoms with E-state index in [0.29, 0.717) is 0 Å². The van der Waals surface area contributed by atoms with Crippen LogP contribution in [0.2, 0.25) is 0 Å². The van der Waals surface area contributed by atoms with Crippen molar-refractivity contribution in [2.75, 3.05) is 0 Å². The van der Waals surface area contributed by atoms with E-state index in [9.17, 15) is 9.59 Å². The van der Waals surface area contributed by atoms with Gasteiger partial charge in [0, 0.05) is 0 Å². The molecule has 0 radical (unpaired) electrons. The van der Waals surface area contributed by atoms with Crippen LogP contribution in [0.25, 0.3) is 0 Å². The van der Waals surface area contributed by atoms with Crippen molar-refractivity contribution < 1.29 is 14.3 Å². The van der Waals surface area contributed by atoms with E-state index in [1.54, 1.807) is 0 Å². The lowest BCUT2D eigenvalue weighted by Crippen LogP contribution is -2.13. The average molecular weight is 657 g/mol. The molecule has 2 unspecified atom stereocenters. The van der Waals surface area contributed by atoms with Crippen LogP contribution in [0.15, 0.2) is 24.3 Å². The van der Waals surface area contributed by atoms with Gasteiger partial charge in [-0.1, -0.05) is 231 Å². The second-order valence-corrected chi connectivity index (χ2v) is 14.8. The number of esters is 2. The van der Waals surface area contributed by atoms with Crippen molar-refractivity contribution in [1.29, 1.82) is 0 Å². The zero-order chi connectivity index (χ0) is 33.9. The minimum Gasteiger partial charge on any atom is -0.392 e. The summed E-state index contributed by atoms with van der Waals surface area (Å²) < 4.78 is 4.98. The second-order valence-electron chi connectivity index (χ2n) is 14.8. The number of carbonyl (C=O) groups is 2. The summed E-state index contributed by atoms with van der Waals surface area (Å²) in [5.74, 6) is -1.64. The van der Waals surface area contributed by atoms with Crippen molar-refractivity contribution in [3.05, 3.63) is 24.3 Å². The van der Waals surface area contributed by atoms with Gasteiger partial charge in [0.1, 0.15) is 0 Å². The first-order chi connectivity index (χ1) is 23.2. The van der Waals surface area contributed by atoms with E-state index in [1.165, 1.54) is 193 Å². The molecule has 0 aromatic heterocycles. The van der Waals surface area contributed by atoms with Gasteiger partial charge in [-0.2, -0.15) is 0 Å². The van der Waals surface area contributed by atoms with Crippen LogP contribution in [0.5, 0.6) is 0 Å².